The Hall–Kier alpha value is -1.42. The van der Waals surface area contributed by atoms with Crippen LogP contribution in [0.25, 0.3) is 0 Å². The van der Waals surface area contributed by atoms with Gasteiger partial charge in [-0.15, -0.1) is 0 Å². The van der Waals surface area contributed by atoms with Crippen molar-refractivity contribution in [3.8, 4) is 0 Å². The summed E-state index contributed by atoms with van der Waals surface area (Å²) in [6.07, 6.45) is 3.52. The van der Waals surface area contributed by atoms with E-state index < -0.39 is 5.97 Å². The zero-order valence-electron chi connectivity index (χ0n) is 11.3. The molecule has 1 aromatic rings. The van der Waals surface area contributed by atoms with E-state index in [0.29, 0.717) is 5.92 Å². The number of rotatable bonds is 8. The number of carboxylic acid groups (broad SMARTS) is 1. The van der Waals surface area contributed by atoms with Crippen LogP contribution in [0.2, 0.25) is 0 Å². The molecule has 0 aromatic heterocycles. The third-order valence-electron chi connectivity index (χ3n) is 3.19. The molecule has 0 aliphatic heterocycles. The summed E-state index contributed by atoms with van der Waals surface area (Å²) >= 11 is 0. The molecule has 0 heterocycles. The first kappa shape index (κ1) is 15.6. The first-order valence-electron chi connectivity index (χ1n) is 6.69. The molecule has 2 atom stereocenters. The normalized spacial score (nSPS) is 14.1. The SMILES string of the molecule is C[C@@H](CCCc1cccc(F)c1)CC(N)CC(=O)O. The summed E-state index contributed by atoms with van der Waals surface area (Å²) in [5, 5.41) is 8.63. The fourth-order valence-corrected chi connectivity index (χ4v) is 2.29. The lowest BCUT2D eigenvalue weighted by atomic mass is 9.94. The molecule has 19 heavy (non-hydrogen) atoms. The first-order valence-corrected chi connectivity index (χ1v) is 6.69. The van der Waals surface area contributed by atoms with Gasteiger partial charge in [0, 0.05) is 6.04 Å². The van der Waals surface area contributed by atoms with Crippen molar-refractivity contribution in [2.75, 3.05) is 0 Å². The molecule has 0 radical (unpaired) electrons. The molecule has 1 rings (SSSR count). The molecule has 3 N–H and O–H groups in total. The fraction of sp³-hybridized carbons (Fsp3) is 0.533. The lowest BCUT2D eigenvalue weighted by molar-refractivity contribution is -0.137. The third kappa shape index (κ3) is 6.91. The van der Waals surface area contributed by atoms with Crippen LogP contribution in [0, 0.1) is 11.7 Å². The molecule has 0 aliphatic carbocycles. The number of hydrogen-bond donors (Lipinski definition) is 2. The molecule has 0 saturated heterocycles. The third-order valence-corrected chi connectivity index (χ3v) is 3.19. The average molecular weight is 267 g/mol. The van der Waals surface area contributed by atoms with Gasteiger partial charge in [0.15, 0.2) is 0 Å². The smallest absolute Gasteiger partial charge is 0.304 e. The maximum Gasteiger partial charge on any atom is 0.304 e. The summed E-state index contributed by atoms with van der Waals surface area (Å²) in [7, 11) is 0. The Morgan fingerprint density at radius 3 is 2.84 bits per heavy atom. The van der Waals surface area contributed by atoms with E-state index >= 15 is 0 Å². The molecule has 0 bridgehead atoms. The number of hydrogen-bond acceptors (Lipinski definition) is 2. The Balaban J connectivity index is 2.23. The van der Waals surface area contributed by atoms with Gasteiger partial charge in [-0.05, 0) is 42.9 Å². The maximum absolute atomic E-state index is 13.0. The first-order chi connectivity index (χ1) is 8.97. The summed E-state index contributed by atoms with van der Waals surface area (Å²) in [6.45, 7) is 2.08. The van der Waals surface area contributed by atoms with E-state index in [1.807, 2.05) is 6.07 Å². The second kappa shape index (κ2) is 7.89. The Kier molecular flexibility index (Phi) is 6.50. The number of carboxylic acids is 1. The second-order valence-corrected chi connectivity index (χ2v) is 5.22. The van der Waals surface area contributed by atoms with Crippen molar-refractivity contribution in [1.29, 1.82) is 0 Å². The Morgan fingerprint density at radius 2 is 2.21 bits per heavy atom. The van der Waals surface area contributed by atoms with Crippen LogP contribution in [0.4, 0.5) is 4.39 Å². The van der Waals surface area contributed by atoms with Crippen molar-refractivity contribution in [3.05, 3.63) is 35.6 Å². The van der Waals surface area contributed by atoms with E-state index in [1.165, 1.54) is 6.07 Å². The number of halogens is 1. The van der Waals surface area contributed by atoms with Crippen molar-refractivity contribution in [1.82, 2.24) is 0 Å². The van der Waals surface area contributed by atoms with Crippen LogP contribution in [0.15, 0.2) is 24.3 Å². The highest BCUT2D eigenvalue weighted by molar-refractivity contribution is 5.67. The fourth-order valence-electron chi connectivity index (χ4n) is 2.29. The standard InChI is InChI=1S/C15H22FNO2/c1-11(8-14(17)10-15(18)19)4-2-5-12-6-3-7-13(16)9-12/h3,6-7,9,11,14H,2,4-5,8,10,17H2,1H3,(H,18,19)/t11-,14?/m0/s1. The molecule has 0 spiro atoms. The van der Waals surface area contributed by atoms with Gasteiger partial charge in [0.25, 0.3) is 0 Å². The van der Waals surface area contributed by atoms with Crippen LogP contribution < -0.4 is 5.73 Å². The van der Waals surface area contributed by atoms with Crippen molar-refractivity contribution < 1.29 is 14.3 Å². The van der Waals surface area contributed by atoms with Gasteiger partial charge in [0.05, 0.1) is 6.42 Å². The van der Waals surface area contributed by atoms with Crippen molar-refractivity contribution in [3.63, 3.8) is 0 Å². The largest absolute Gasteiger partial charge is 0.481 e. The van der Waals surface area contributed by atoms with Crippen LogP contribution in [0.3, 0.4) is 0 Å². The molecular formula is C15H22FNO2. The molecule has 3 nitrogen and oxygen atoms in total. The van der Waals surface area contributed by atoms with Gasteiger partial charge in [-0.1, -0.05) is 25.5 Å². The molecule has 0 saturated carbocycles. The predicted molar refractivity (Wildman–Crippen MR) is 73.3 cm³/mol. The minimum Gasteiger partial charge on any atom is -0.481 e. The summed E-state index contributed by atoms with van der Waals surface area (Å²) in [5.41, 5.74) is 6.75. The van der Waals surface area contributed by atoms with Crippen LogP contribution >= 0.6 is 0 Å². The van der Waals surface area contributed by atoms with Gasteiger partial charge in [-0.25, -0.2) is 4.39 Å². The van der Waals surface area contributed by atoms with E-state index in [4.69, 9.17) is 10.8 Å². The molecule has 0 amide bonds. The topological polar surface area (TPSA) is 63.3 Å². The van der Waals surface area contributed by atoms with Crippen LogP contribution in [-0.2, 0) is 11.2 Å². The Morgan fingerprint density at radius 1 is 1.47 bits per heavy atom. The monoisotopic (exact) mass is 267 g/mol. The van der Waals surface area contributed by atoms with Gasteiger partial charge in [-0.2, -0.15) is 0 Å². The van der Waals surface area contributed by atoms with Crippen LogP contribution in [0.1, 0.15) is 38.2 Å². The zero-order chi connectivity index (χ0) is 14.3. The van der Waals surface area contributed by atoms with Crippen molar-refractivity contribution in [2.24, 2.45) is 11.7 Å². The molecule has 0 aliphatic rings. The van der Waals surface area contributed by atoms with Crippen molar-refractivity contribution in [2.45, 2.75) is 45.1 Å². The molecule has 0 fully saturated rings. The summed E-state index contributed by atoms with van der Waals surface area (Å²) in [4.78, 5) is 10.5. The lowest BCUT2D eigenvalue weighted by Gasteiger charge is -2.15. The summed E-state index contributed by atoms with van der Waals surface area (Å²) in [6, 6.07) is 6.36. The number of benzene rings is 1. The van der Waals surface area contributed by atoms with E-state index in [9.17, 15) is 9.18 Å². The zero-order valence-corrected chi connectivity index (χ0v) is 11.3. The quantitative estimate of drug-likeness (QED) is 0.761. The van der Waals surface area contributed by atoms with Gasteiger partial charge in [-0.3, -0.25) is 4.79 Å². The highest BCUT2D eigenvalue weighted by Gasteiger charge is 2.12. The predicted octanol–water partition coefficient (Wildman–Crippen LogP) is 2.98. The van der Waals surface area contributed by atoms with Gasteiger partial charge in [0.1, 0.15) is 5.82 Å². The molecule has 4 heteroatoms. The highest BCUT2D eigenvalue weighted by Crippen LogP contribution is 2.16. The summed E-state index contributed by atoms with van der Waals surface area (Å²) < 4.78 is 13.0. The molecular weight excluding hydrogens is 245 g/mol. The van der Waals surface area contributed by atoms with E-state index in [-0.39, 0.29) is 18.3 Å². The molecule has 106 valence electrons. The number of aliphatic carboxylic acids is 1. The van der Waals surface area contributed by atoms with Gasteiger partial charge in [0.2, 0.25) is 0 Å². The number of aryl methyl sites for hydroxylation is 1. The minimum absolute atomic E-state index is 0.0221. The van der Waals surface area contributed by atoms with Gasteiger partial charge >= 0.3 is 5.97 Å². The maximum atomic E-state index is 13.0. The van der Waals surface area contributed by atoms with E-state index in [2.05, 4.69) is 6.92 Å². The molecule has 1 aromatic carbocycles. The number of nitrogens with two attached hydrogens (primary N) is 1. The second-order valence-electron chi connectivity index (χ2n) is 5.22. The highest BCUT2D eigenvalue weighted by atomic mass is 19.1. The average Bonchev–Trinajstić information content (AvgIpc) is 2.27. The number of carbonyl (C=O) groups is 1. The van der Waals surface area contributed by atoms with Crippen LogP contribution in [-0.4, -0.2) is 17.1 Å². The molecule has 1 unspecified atom stereocenters. The van der Waals surface area contributed by atoms with Crippen LogP contribution in [0.5, 0.6) is 0 Å². The minimum atomic E-state index is -0.848. The van der Waals surface area contributed by atoms with Crippen molar-refractivity contribution >= 4 is 5.97 Å². The van der Waals surface area contributed by atoms with E-state index in [0.717, 1.165) is 31.2 Å². The van der Waals surface area contributed by atoms with Gasteiger partial charge < -0.3 is 10.8 Å². The van der Waals surface area contributed by atoms with E-state index in [1.54, 1.807) is 12.1 Å². The summed E-state index contributed by atoms with van der Waals surface area (Å²) in [5.74, 6) is -0.656. The Labute approximate surface area is 113 Å². The Bertz CT molecular complexity index is 409. The lowest BCUT2D eigenvalue weighted by Crippen LogP contribution is -2.26.